The van der Waals surface area contributed by atoms with Crippen molar-refractivity contribution in [1.82, 2.24) is 4.98 Å². The van der Waals surface area contributed by atoms with Crippen molar-refractivity contribution in [3.8, 4) is 0 Å². The van der Waals surface area contributed by atoms with Crippen molar-refractivity contribution in [1.29, 1.82) is 0 Å². The van der Waals surface area contributed by atoms with Crippen molar-refractivity contribution in [2.45, 2.75) is 27.7 Å². The molecule has 0 bridgehead atoms. The molecule has 2 nitrogen and oxygen atoms in total. The van der Waals surface area contributed by atoms with Crippen molar-refractivity contribution in [3.63, 3.8) is 0 Å². The first kappa shape index (κ1) is 19.1. The zero-order valence-corrected chi connectivity index (χ0v) is 16.0. The molecule has 0 saturated heterocycles. The highest BCUT2D eigenvalue weighted by Crippen LogP contribution is 2.38. The van der Waals surface area contributed by atoms with Crippen LogP contribution in [0.25, 0.3) is 11.1 Å². The largest absolute Gasteiger partial charge is 0.282 e. The number of aryl methyl sites for hydroxylation is 1. The Morgan fingerprint density at radius 2 is 1.68 bits per heavy atom. The summed E-state index contributed by atoms with van der Waals surface area (Å²) in [7, 11) is 0. The lowest BCUT2D eigenvalue weighted by Gasteiger charge is -2.20. The maximum atomic E-state index is 13.6. The van der Waals surface area contributed by atoms with Crippen LogP contribution in [0.2, 0.25) is 0 Å². The van der Waals surface area contributed by atoms with Gasteiger partial charge in [-0.25, -0.2) is 4.39 Å². The number of aromatic nitrogens is 1. The van der Waals surface area contributed by atoms with Crippen LogP contribution in [0, 0.1) is 12.7 Å². The minimum absolute atomic E-state index is 0.00605. The van der Waals surface area contributed by atoms with Gasteiger partial charge in [0, 0.05) is 18.0 Å². The molecule has 0 aliphatic heterocycles. The number of nitrogens with zero attached hydrogens (tertiary/aromatic N) is 1. The molecule has 1 heterocycles. The third kappa shape index (κ3) is 4.26. The Hall–Kier alpha value is -2.20. The number of thioether (sulfide) groups is 1. The highest BCUT2D eigenvalue weighted by atomic mass is 32.2. The minimum atomic E-state index is -0.280. The molecule has 2 rings (SSSR count). The van der Waals surface area contributed by atoms with Crippen LogP contribution < -0.4 is 0 Å². The number of carbonyl (C=O) groups excluding carboxylic acids is 1. The topological polar surface area (TPSA) is 30.0 Å². The first-order valence-electron chi connectivity index (χ1n) is 8.00. The normalized spacial score (nSPS) is 11.8. The fourth-order valence-electron chi connectivity index (χ4n) is 2.89. The number of hydrogen-bond acceptors (Lipinski definition) is 3. The molecule has 0 spiro atoms. The molecule has 130 valence electrons. The smallest absolute Gasteiger partial charge is 0.215 e. The monoisotopic (exact) mass is 355 g/mol. The lowest BCUT2D eigenvalue weighted by molar-refractivity contribution is -0.107. The van der Waals surface area contributed by atoms with Gasteiger partial charge < -0.3 is 0 Å². The van der Waals surface area contributed by atoms with Gasteiger partial charge in [0.25, 0.3) is 0 Å². The van der Waals surface area contributed by atoms with Crippen LogP contribution in [0.3, 0.4) is 0 Å². The number of benzene rings is 1. The predicted molar refractivity (Wildman–Crippen MR) is 105 cm³/mol. The summed E-state index contributed by atoms with van der Waals surface area (Å²) in [6.45, 7) is 7.74. The van der Waals surface area contributed by atoms with Gasteiger partial charge in [0.2, 0.25) is 5.12 Å². The van der Waals surface area contributed by atoms with E-state index in [1.807, 2.05) is 39.8 Å². The minimum Gasteiger partial charge on any atom is -0.282 e. The third-order valence-electron chi connectivity index (χ3n) is 4.04. The van der Waals surface area contributed by atoms with E-state index in [-0.39, 0.29) is 10.9 Å². The summed E-state index contributed by atoms with van der Waals surface area (Å²) in [5.74, 6) is -0.280. The van der Waals surface area contributed by atoms with Crippen molar-refractivity contribution < 1.29 is 9.18 Å². The SMILES string of the molecule is CSC(=O)/C(C)=C(/C(=C(C)C)c1ccncc1)c1ccc(F)cc1C. The van der Waals surface area contributed by atoms with Crippen molar-refractivity contribution in [2.24, 2.45) is 0 Å². The van der Waals surface area contributed by atoms with Crippen molar-refractivity contribution in [2.75, 3.05) is 6.26 Å². The van der Waals surface area contributed by atoms with Crippen LogP contribution in [0.15, 0.2) is 53.9 Å². The second-order valence-electron chi connectivity index (χ2n) is 6.06. The molecule has 0 radical (unpaired) electrons. The Morgan fingerprint density at radius 1 is 1.04 bits per heavy atom. The molecule has 0 amide bonds. The van der Waals surface area contributed by atoms with Gasteiger partial charge in [-0.15, -0.1) is 0 Å². The summed E-state index contributed by atoms with van der Waals surface area (Å²) in [4.78, 5) is 16.5. The van der Waals surface area contributed by atoms with Gasteiger partial charge >= 0.3 is 0 Å². The van der Waals surface area contributed by atoms with Gasteiger partial charge in [-0.05, 0) is 86.1 Å². The molecule has 0 aliphatic carbocycles. The molecule has 0 fully saturated rings. The Kier molecular flexibility index (Phi) is 6.32. The van der Waals surface area contributed by atoms with Gasteiger partial charge in [-0.3, -0.25) is 9.78 Å². The fraction of sp³-hybridized carbons (Fsp3) is 0.238. The maximum Gasteiger partial charge on any atom is 0.215 e. The maximum absolute atomic E-state index is 13.6. The second kappa shape index (κ2) is 8.26. The van der Waals surface area contributed by atoms with E-state index in [1.165, 1.54) is 23.9 Å². The fourth-order valence-corrected chi connectivity index (χ4v) is 3.30. The molecule has 1 aromatic carbocycles. The lowest BCUT2D eigenvalue weighted by Crippen LogP contribution is -2.04. The molecule has 0 unspecified atom stereocenters. The first-order chi connectivity index (χ1) is 11.9. The van der Waals surface area contributed by atoms with Gasteiger partial charge in [-0.2, -0.15) is 0 Å². The van der Waals surface area contributed by atoms with E-state index >= 15 is 0 Å². The number of rotatable bonds is 4. The first-order valence-corrected chi connectivity index (χ1v) is 9.23. The molecule has 0 saturated carbocycles. The number of carbonyl (C=O) groups is 1. The molecule has 25 heavy (non-hydrogen) atoms. The summed E-state index contributed by atoms with van der Waals surface area (Å²) in [6.07, 6.45) is 5.24. The standard InChI is InChI=1S/C21H22FNOS/c1-13(2)19(16-8-10-23-11-9-16)20(15(4)21(24)25-5)18-7-6-17(22)12-14(18)3/h6-12H,1-5H3/b20-15+. The number of pyridine rings is 1. The second-order valence-corrected chi connectivity index (χ2v) is 6.84. The predicted octanol–water partition coefficient (Wildman–Crippen LogP) is 5.69. The zero-order valence-electron chi connectivity index (χ0n) is 15.2. The summed E-state index contributed by atoms with van der Waals surface area (Å²) in [6, 6.07) is 8.55. The number of halogens is 1. The highest BCUT2D eigenvalue weighted by molar-refractivity contribution is 8.13. The van der Waals surface area contributed by atoms with Crippen LogP contribution in [0.4, 0.5) is 4.39 Å². The molecule has 4 heteroatoms. The summed E-state index contributed by atoms with van der Waals surface area (Å²) in [5.41, 5.74) is 6.24. The lowest BCUT2D eigenvalue weighted by atomic mass is 9.85. The van der Waals surface area contributed by atoms with E-state index in [1.54, 1.807) is 24.7 Å². The molecule has 0 atom stereocenters. The third-order valence-corrected chi connectivity index (χ3v) is 4.72. The van der Waals surface area contributed by atoms with E-state index in [2.05, 4.69) is 4.98 Å². The summed E-state index contributed by atoms with van der Waals surface area (Å²) in [5, 5.41) is 0.00605. The van der Waals surface area contributed by atoms with Gasteiger partial charge in [-0.1, -0.05) is 23.4 Å². The average molecular weight is 355 g/mol. The Balaban J connectivity index is 2.84. The molecule has 0 aliphatic rings. The Morgan fingerprint density at radius 3 is 2.20 bits per heavy atom. The highest BCUT2D eigenvalue weighted by Gasteiger charge is 2.20. The van der Waals surface area contributed by atoms with Crippen LogP contribution in [-0.2, 0) is 4.79 Å². The van der Waals surface area contributed by atoms with Crippen LogP contribution >= 0.6 is 11.8 Å². The quantitative estimate of drug-likeness (QED) is 0.521. The van der Waals surface area contributed by atoms with Crippen LogP contribution in [0.1, 0.15) is 37.5 Å². The van der Waals surface area contributed by atoms with Crippen molar-refractivity contribution in [3.05, 3.63) is 76.4 Å². The van der Waals surface area contributed by atoms with E-state index < -0.39 is 0 Å². The average Bonchev–Trinajstić information content (AvgIpc) is 2.59. The molecule has 2 aromatic rings. The van der Waals surface area contributed by atoms with E-state index in [9.17, 15) is 9.18 Å². The Labute approximate surface area is 152 Å². The van der Waals surface area contributed by atoms with Crippen LogP contribution in [-0.4, -0.2) is 16.4 Å². The van der Waals surface area contributed by atoms with E-state index in [4.69, 9.17) is 0 Å². The molecule has 0 N–H and O–H groups in total. The molecular weight excluding hydrogens is 333 g/mol. The number of allylic oxidation sites excluding steroid dienone is 3. The zero-order chi connectivity index (χ0) is 18.6. The van der Waals surface area contributed by atoms with Crippen LogP contribution in [0.5, 0.6) is 0 Å². The molecule has 1 aromatic heterocycles. The van der Waals surface area contributed by atoms with Gasteiger partial charge in [0.1, 0.15) is 5.82 Å². The van der Waals surface area contributed by atoms with Crippen molar-refractivity contribution >= 4 is 28.0 Å². The summed E-state index contributed by atoms with van der Waals surface area (Å²) < 4.78 is 13.6. The number of hydrogen-bond donors (Lipinski definition) is 0. The summed E-state index contributed by atoms with van der Waals surface area (Å²) >= 11 is 1.18. The molecular formula is C21H22FNOS. The van der Waals surface area contributed by atoms with Gasteiger partial charge in [0.05, 0.1) is 0 Å². The Bertz CT molecular complexity index is 849. The van der Waals surface area contributed by atoms with Gasteiger partial charge in [0.15, 0.2) is 0 Å². The van der Waals surface area contributed by atoms with E-state index in [0.29, 0.717) is 5.57 Å². The van der Waals surface area contributed by atoms with E-state index in [0.717, 1.165) is 33.4 Å².